The van der Waals surface area contributed by atoms with Crippen molar-refractivity contribution in [3.8, 4) is 0 Å². The van der Waals surface area contributed by atoms with Gasteiger partial charge in [0.1, 0.15) is 0 Å². The highest BCUT2D eigenvalue weighted by atomic mass is 127. The van der Waals surface area contributed by atoms with E-state index in [1.807, 2.05) is 0 Å². The monoisotopic (exact) mass is 375 g/mol. The Morgan fingerprint density at radius 2 is 1.95 bits per heavy atom. The van der Waals surface area contributed by atoms with Crippen LogP contribution >= 0.6 is 19.8 Å². The minimum Gasteiger partial charge on any atom is -0.478 e. The summed E-state index contributed by atoms with van der Waals surface area (Å²) in [5.74, 6) is -1.38. The van der Waals surface area contributed by atoms with Crippen molar-refractivity contribution in [2.75, 3.05) is 0 Å². The fraction of sp³-hybridized carbons (Fsp3) is 0. The van der Waals surface area contributed by atoms with Gasteiger partial charge in [-0.25, -0.2) is 10.9 Å². The van der Waals surface area contributed by atoms with Crippen molar-refractivity contribution < 1.29 is 21.0 Å². The second kappa shape index (κ2) is 4.88. The summed E-state index contributed by atoms with van der Waals surface area (Å²) in [5, 5.41) is 20.3. The van der Waals surface area contributed by atoms with Crippen LogP contribution in [0.2, 0.25) is 0 Å². The molecule has 98 valence electrons. The summed E-state index contributed by atoms with van der Waals surface area (Å²) in [6, 6.07) is 6.34. The van der Waals surface area contributed by atoms with Crippen LogP contribution in [0.5, 0.6) is 0 Å². The van der Waals surface area contributed by atoms with E-state index in [2.05, 4.69) is 0 Å². The number of halogens is 1. The molecule has 0 heterocycles. The number of carboxylic acid groups (broad SMARTS) is 1. The SMILES string of the molecule is O=C(O)c1cc2cccc([N+](=O)[O-])c2cc1I(=O)=O. The molecule has 2 aromatic rings. The van der Waals surface area contributed by atoms with Crippen molar-refractivity contribution in [1.29, 1.82) is 0 Å². The van der Waals surface area contributed by atoms with Gasteiger partial charge >= 0.3 is 25.8 Å². The number of non-ortho nitro benzene ring substituents is 1. The largest absolute Gasteiger partial charge is 0.478 e. The lowest BCUT2D eigenvalue weighted by atomic mass is 10.1. The third-order valence-corrected chi connectivity index (χ3v) is 4.38. The van der Waals surface area contributed by atoms with Crippen molar-refractivity contribution in [2.24, 2.45) is 0 Å². The summed E-state index contributed by atoms with van der Waals surface area (Å²) in [6.45, 7) is 0. The van der Waals surface area contributed by atoms with Gasteiger partial charge in [-0.1, -0.05) is 12.1 Å². The first-order valence-corrected chi connectivity index (χ1v) is 7.75. The van der Waals surface area contributed by atoms with E-state index in [1.54, 1.807) is 0 Å². The third kappa shape index (κ3) is 2.38. The molecular weight excluding hydrogens is 369 g/mol. The number of fused-ring (bicyclic) bond motifs is 1. The molecule has 0 radical (unpaired) electrons. The smallest absolute Gasteiger partial charge is 0.341 e. The van der Waals surface area contributed by atoms with Crippen LogP contribution in [0.25, 0.3) is 10.8 Å². The normalized spacial score (nSPS) is 10.8. The third-order valence-electron chi connectivity index (χ3n) is 2.54. The molecule has 0 amide bonds. The van der Waals surface area contributed by atoms with Crippen LogP contribution in [-0.2, 0) is 6.14 Å². The van der Waals surface area contributed by atoms with Gasteiger partial charge in [0, 0.05) is 6.07 Å². The minimum absolute atomic E-state index is 0.113. The fourth-order valence-corrected chi connectivity index (χ4v) is 3.16. The highest BCUT2D eigenvalue weighted by molar-refractivity contribution is 14.2. The number of hydrogen-bond acceptors (Lipinski definition) is 5. The Morgan fingerprint density at radius 1 is 1.26 bits per heavy atom. The molecule has 2 aromatic carbocycles. The molecular formula is C11H6INO6. The standard InChI is InChI=1S/C11H6INO6/c14-11(15)8-4-6-2-1-3-10(13(18)19)7(6)5-9(8)12(16)17/h1-5H,(H,14,15). The maximum absolute atomic E-state index is 11.1. The summed E-state index contributed by atoms with van der Waals surface area (Å²) in [5.41, 5.74) is -0.614. The molecule has 8 heteroatoms. The van der Waals surface area contributed by atoms with E-state index >= 15 is 0 Å². The zero-order valence-corrected chi connectivity index (χ0v) is 11.4. The van der Waals surface area contributed by atoms with Crippen LogP contribution in [0.3, 0.4) is 0 Å². The number of nitro groups is 1. The lowest BCUT2D eigenvalue weighted by molar-refractivity contribution is -0.383. The highest BCUT2D eigenvalue weighted by Gasteiger charge is 2.19. The topological polar surface area (TPSA) is 115 Å². The first kappa shape index (κ1) is 13.3. The average molecular weight is 375 g/mol. The van der Waals surface area contributed by atoms with Gasteiger partial charge in [0.05, 0.1) is 19.4 Å². The van der Waals surface area contributed by atoms with E-state index in [0.717, 1.165) is 12.1 Å². The van der Waals surface area contributed by atoms with Crippen molar-refractivity contribution in [2.45, 2.75) is 0 Å². The van der Waals surface area contributed by atoms with Gasteiger partial charge in [-0.3, -0.25) is 10.1 Å². The van der Waals surface area contributed by atoms with E-state index in [0.29, 0.717) is 5.39 Å². The Morgan fingerprint density at radius 3 is 2.47 bits per heavy atom. The van der Waals surface area contributed by atoms with Crippen molar-refractivity contribution in [3.05, 3.63) is 49.6 Å². The van der Waals surface area contributed by atoms with Crippen molar-refractivity contribution in [3.63, 3.8) is 0 Å². The fourth-order valence-electron chi connectivity index (χ4n) is 1.73. The van der Waals surface area contributed by atoms with Crippen LogP contribution in [-0.4, -0.2) is 16.0 Å². The maximum atomic E-state index is 11.1. The minimum atomic E-state index is -4.06. The molecule has 0 bridgehead atoms. The highest BCUT2D eigenvalue weighted by Crippen LogP contribution is 2.32. The second-order valence-electron chi connectivity index (χ2n) is 3.61. The number of carboxylic acids is 1. The van der Waals surface area contributed by atoms with Crippen LogP contribution in [0.1, 0.15) is 10.4 Å². The van der Waals surface area contributed by atoms with E-state index in [9.17, 15) is 21.0 Å². The van der Waals surface area contributed by atoms with E-state index in [4.69, 9.17) is 5.11 Å². The molecule has 0 aliphatic heterocycles. The number of hydrogen-bond donors (Lipinski definition) is 1. The van der Waals surface area contributed by atoms with Crippen LogP contribution in [0.4, 0.5) is 5.69 Å². The number of rotatable bonds is 3. The van der Waals surface area contributed by atoms with Gasteiger partial charge in [-0.15, -0.1) is 0 Å². The number of benzene rings is 2. The Bertz CT molecular complexity index is 772. The Hall–Kier alpha value is -2.10. The van der Waals surface area contributed by atoms with Gasteiger partial charge in [-0.05, 0) is 17.5 Å². The molecule has 0 aliphatic rings. The summed E-state index contributed by atoms with van der Waals surface area (Å²) in [6.07, 6.45) is 0. The molecule has 0 saturated heterocycles. The van der Waals surface area contributed by atoms with E-state index in [1.165, 1.54) is 18.2 Å². The van der Waals surface area contributed by atoms with Crippen LogP contribution in [0.15, 0.2) is 30.3 Å². The zero-order chi connectivity index (χ0) is 14.2. The lowest BCUT2D eigenvalue weighted by Crippen LogP contribution is -2.01. The van der Waals surface area contributed by atoms with Gasteiger partial charge in [-0.2, -0.15) is 0 Å². The Labute approximate surface area is 113 Å². The van der Waals surface area contributed by atoms with E-state index < -0.39 is 30.7 Å². The van der Waals surface area contributed by atoms with Crippen molar-refractivity contribution in [1.82, 2.24) is 0 Å². The average Bonchev–Trinajstić information content (AvgIpc) is 2.35. The summed E-state index contributed by atoms with van der Waals surface area (Å²) in [4.78, 5) is 21.2. The molecule has 0 spiro atoms. The molecule has 0 saturated carbocycles. The molecule has 7 nitrogen and oxygen atoms in total. The molecule has 1 N–H and O–H groups in total. The number of nitrogens with zero attached hydrogens (tertiary/aromatic N) is 1. The van der Waals surface area contributed by atoms with Gasteiger partial charge in [0.25, 0.3) is 5.69 Å². The first-order chi connectivity index (χ1) is 8.91. The summed E-state index contributed by atoms with van der Waals surface area (Å²) >= 11 is -4.06. The van der Waals surface area contributed by atoms with Crippen LogP contribution < -0.4 is 0 Å². The molecule has 0 unspecified atom stereocenters. The molecule has 2 rings (SSSR count). The molecule has 0 aliphatic carbocycles. The maximum Gasteiger partial charge on any atom is 0.341 e. The van der Waals surface area contributed by atoms with Crippen LogP contribution in [0, 0.1) is 13.7 Å². The van der Waals surface area contributed by atoms with Gasteiger partial charge in [0.2, 0.25) is 0 Å². The first-order valence-electron chi connectivity index (χ1n) is 4.91. The van der Waals surface area contributed by atoms with Gasteiger partial charge < -0.3 is 5.11 Å². The summed E-state index contributed by atoms with van der Waals surface area (Å²) in [7, 11) is 0. The summed E-state index contributed by atoms with van der Waals surface area (Å²) < 4.78 is 21.9. The lowest BCUT2D eigenvalue weighted by Gasteiger charge is -2.03. The molecule has 0 fully saturated rings. The molecule has 0 aromatic heterocycles. The second-order valence-corrected chi connectivity index (χ2v) is 6.01. The molecule has 19 heavy (non-hydrogen) atoms. The number of carbonyl (C=O) groups is 1. The molecule has 0 atom stereocenters. The Balaban J connectivity index is 2.93. The predicted molar refractivity (Wildman–Crippen MR) is 71.7 cm³/mol. The van der Waals surface area contributed by atoms with E-state index in [-0.39, 0.29) is 20.2 Å². The number of aromatic carboxylic acids is 1. The quantitative estimate of drug-likeness (QED) is 0.501. The zero-order valence-electron chi connectivity index (χ0n) is 9.20. The van der Waals surface area contributed by atoms with Gasteiger partial charge in [0.15, 0.2) is 0 Å². The number of nitro benzene ring substituents is 1. The van der Waals surface area contributed by atoms with Crippen molar-refractivity contribution >= 4 is 42.2 Å². The Kier molecular flexibility index (Phi) is 3.42. The predicted octanol–water partition coefficient (Wildman–Crippen LogP) is 2.81.